The van der Waals surface area contributed by atoms with Crippen LogP contribution in [0.3, 0.4) is 0 Å². The summed E-state index contributed by atoms with van der Waals surface area (Å²) in [4.78, 5) is 12.2. The van der Waals surface area contributed by atoms with Gasteiger partial charge >= 0.3 is 0 Å². The Balaban J connectivity index is 1.09. The van der Waals surface area contributed by atoms with E-state index >= 15 is 0 Å². The number of fused-ring (bicyclic) bond motifs is 1. The van der Waals surface area contributed by atoms with E-state index in [2.05, 4.69) is 37.5 Å². The van der Waals surface area contributed by atoms with Gasteiger partial charge in [-0.2, -0.15) is 5.26 Å². The minimum Gasteiger partial charge on any atom is -0.473 e. The van der Waals surface area contributed by atoms with E-state index in [4.69, 9.17) is 24.7 Å². The molecule has 6 rings (SSSR count). The molecule has 39 heavy (non-hydrogen) atoms. The first kappa shape index (κ1) is 25.9. The minimum absolute atomic E-state index is 0.0654. The Kier molecular flexibility index (Phi) is 7.60. The predicted octanol–water partition coefficient (Wildman–Crippen LogP) is 5.95. The van der Waals surface area contributed by atoms with Gasteiger partial charge in [-0.15, -0.1) is 0 Å². The van der Waals surface area contributed by atoms with Gasteiger partial charge in [-0.25, -0.2) is 14.4 Å². The van der Waals surface area contributed by atoms with Crippen molar-refractivity contribution in [1.82, 2.24) is 19.4 Å². The van der Waals surface area contributed by atoms with Crippen LogP contribution in [0.15, 0.2) is 59.1 Å². The summed E-state index contributed by atoms with van der Waals surface area (Å²) in [6, 6.07) is 18.4. The SMILES string of the molecule is N#Cc1ccc(COc2cccc(C3CCN(Cc4nc5ccc(Br)cc5n4C[C@@H]4CCO4)CC3)n2)c(F)c1. The van der Waals surface area contributed by atoms with Gasteiger partial charge in [0, 0.05) is 34.3 Å². The molecule has 7 nitrogen and oxygen atoms in total. The smallest absolute Gasteiger partial charge is 0.213 e. The zero-order valence-electron chi connectivity index (χ0n) is 21.5. The summed E-state index contributed by atoms with van der Waals surface area (Å²) in [6.45, 7) is 4.47. The van der Waals surface area contributed by atoms with Gasteiger partial charge in [0.25, 0.3) is 0 Å². The van der Waals surface area contributed by atoms with Crippen LogP contribution in [0, 0.1) is 17.1 Å². The summed E-state index contributed by atoms with van der Waals surface area (Å²) in [5, 5.41) is 8.93. The highest BCUT2D eigenvalue weighted by atomic mass is 79.9. The number of imidazole rings is 1. The maximum atomic E-state index is 14.2. The molecule has 2 aliphatic heterocycles. The van der Waals surface area contributed by atoms with Gasteiger partial charge in [0.2, 0.25) is 5.88 Å². The number of benzene rings is 2. The second-order valence-electron chi connectivity index (χ2n) is 10.2. The molecule has 2 fully saturated rings. The molecule has 0 unspecified atom stereocenters. The molecular weight excluding hydrogens is 561 g/mol. The maximum Gasteiger partial charge on any atom is 0.213 e. The van der Waals surface area contributed by atoms with Gasteiger partial charge < -0.3 is 14.0 Å². The molecule has 200 valence electrons. The molecule has 2 aromatic heterocycles. The van der Waals surface area contributed by atoms with Gasteiger partial charge in [0.15, 0.2) is 0 Å². The average Bonchev–Trinajstić information content (AvgIpc) is 3.26. The molecule has 0 N–H and O–H groups in total. The van der Waals surface area contributed by atoms with E-state index in [0.29, 0.717) is 22.9 Å². The van der Waals surface area contributed by atoms with E-state index < -0.39 is 5.82 Å². The molecule has 0 amide bonds. The Bertz CT molecular complexity index is 1520. The number of rotatable bonds is 8. The number of hydrogen-bond acceptors (Lipinski definition) is 6. The molecule has 4 aromatic rings. The van der Waals surface area contributed by atoms with Crippen molar-refractivity contribution in [1.29, 1.82) is 5.26 Å². The summed E-state index contributed by atoms with van der Waals surface area (Å²) >= 11 is 3.61. The molecule has 0 saturated carbocycles. The van der Waals surface area contributed by atoms with Crippen molar-refractivity contribution in [3.05, 3.63) is 87.5 Å². The third-order valence-corrected chi connectivity index (χ3v) is 8.14. The number of nitrogens with zero attached hydrogens (tertiary/aromatic N) is 5. The fraction of sp³-hybridized carbons (Fsp3) is 0.367. The van der Waals surface area contributed by atoms with Crippen molar-refractivity contribution in [3.63, 3.8) is 0 Å². The number of ether oxygens (including phenoxy) is 2. The molecule has 4 heterocycles. The summed E-state index contributed by atoms with van der Waals surface area (Å²) in [6.07, 6.45) is 3.35. The van der Waals surface area contributed by atoms with Crippen LogP contribution < -0.4 is 4.74 Å². The quantitative estimate of drug-likeness (QED) is 0.253. The van der Waals surface area contributed by atoms with Crippen molar-refractivity contribution in [3.8, 4) is 11.9 Å². The lowest BCUT2D eigenvalue weighted by atomic mass is 9.93. The number of piperidine rings is 1. The first-order chi connectivity index (χ1) is 19.1. The zero-order valence-corrected chi connectivity index (χ0v) is 23.1. The highest BCUT2D eigenvalue weighted by Gasteiger charge is 2.26. The minimum atomic E-state index is -0.445. The van der Waals surface area contributed by atoms with Crippen molar-refractivity contribution < 1.29 is 13.9 Å². The second kappa shape index (κ2) is 11.4. The predicted molar refractivity (Wildman–Crippen MR) is 149 cm³/mol. The number of likely N-dealkylation sites (tertiary alicyclic amines) is 1. The van der Waals surface area contributed by atoms with Crippen LogP contribution in [0.2, 0.25) is 0 Å². The van der Waals surface area contributed by atoms with Crippen LogP contribution in [0.4, 0.5) is 4.39 Å². The Labute approximate surface area is 235 Å². The molecule has 2 aromatic carbocycles. The zero-order chi connectivity index (χ0) is 26.8. The Morgan fingerprint density at radius 1 is 1.08 bits per heavy atom. The molecule has 1 atom stereocenters. The standard InChI is InChI=1S/C30H29BrFN5O2/c31-23-6-7-27-28(15-23)37(17-24-10-13-38-24)29(34-27)18-36-11-8-21(9-12-36)26-2-1-3-30(35-26)39-19-22-5-4-20(16-33)14-25(22)32/h1-7,14-15,21,24H,8-13,17-19H2/t24-/m0/s1. The van der Waals surface area contributed by atoms with E-state index in [1.54, 1.807) is 18.2 Å². The first-order valence-corrected chi connectivity index (χ1v) is 14.1. The van der Waals surface area contributed by atoms with Crippen LogP contribution in [-0.4, -0.2) is 45.2 Å². The van der Waals surface area contributed by atoms with Crippen LogP contribution in [0.1, 0.15) is 47.8 Å². The van der Waals surface area contributed by atoms with Crippen molar-refractivity contribution in [2.24, 2.45) is 0 Å². The third-order valence-electron chi connectivity index (χ3n) is 7.64. The number of halogens is 2. The molecule has 2 saturated heterocycles. The number of hydrogen-bond donors (Lipinski definition) is 0. The van der Waals surface area contributed by atoms with Crippen molar-refractivity contribution >= 4 is 27.0 Å². The second-order valence-corrected chi connectivity index (χ2v) is 11.1. The Morgan fingerprint density at radius 3 is 2.67 bits per heavy atom. The largest absolute Gasteiger partial charge is 0.473 e. The normalized spacial score (nSPS) is 18.1. The lowest BCUT2D eigenvalue weighted by Crippen LogP contribution is -2.35. The van der Waals surface area contributed by atoms with Crippen molar-refractivity contribution in [2.45, 2.75) is 51.0 Å². The van der Waals surface area contributed by atoms with Gasteiger partial charge in [0.1, 0.15) is 18.2 Å². The van der Waals surface area contributed by atoms with Gasteiger partial charge in [-0.3, -0.25) is 4.90 Å². The van der Waals surface area contributed by atoms with Gasteiger partial charge in [0.05, 0.1) is 41.9 Å². The van der Waals surface area contributed by atoms with E-state index in [1.165, 1.54) is 6.07 Å². The fourth-order valence-electron chi connectivity index (χ4n) is 5.31. The van der Waals surface area contributed by atoms with E-state index in [-0.39, 0.29) is 12.7 Å². The average molecular weight is 590 g/mol. The van der Waals surface area contributed by atoms with E-state index in [0.717, 1.165) is 79.1 Å². The van der Waals surface area contributed by atoms with Crippen LogP contribution >= 0.6 is 15.9 Å². The van der Waals surface area contributed by atoms with Crippen LogP contribution in [0.5, 0.6) is 5.88 Å². The fourth-order valence-corrected chi connectivity index (χ4v) is 5.66. The summed E-state index contributed by atoms with van der Waals surface area (Å²) < 4.78 is 29.1. The Morgan fingerprint density at radius 2 is 1.92 bits per heavy atom. The number of nitriles is 1. The first-order valence-electron chi connectivity index (χ1n) is 13.3. The van der Waals surface area contributed by atoms with Crippen LogP contribution in [-0.2, 0) is 24.4 Å². The number of aromatic nitrogens is 3. The van der Waals surface area contributed by atoms with E-state index in [9.17, 15) is 4.39 Å². The summed E-state index contributed by atoms with van der Waals surface area (Å²) in [5.74, 6) is 1.46. The Hall–Kier alpha value is -3.32. The molecular formula is C30H29BrFN5O2. The third kappa shape index (κ3) is 5.83. The molecule has 0 spiro atoms. The summed E-state index contributed by atoms with van der Waals surface area (Å²) in [5.41, 5.74) is 3.86. The highest BCUT2D eigenvalue weighted by molar-refractivity contribution is 9.10. The molecule has 9 heteroatoms. The molecule has 0 radical (unpaired) electrons. The number of pyridine rings is 1. The lowest BCUT2D eigenvalue weighted by molar-refractivity contribution is -0.0592. The monoisotopic (exact) mass is 589 g/mol. The maximum absolute atomic E-state index is 14.2. The van der Waals surface area contributed by atoms with Gasteiger partial charge in [-0.05, 0) is 68.8 Å². The molecule has 0 bridgehead atoms. The topological polar surface area (TPSA) is 76.2 Å². The van der Waals surface area contributed by atoms with Gasteiger partial charge in [-0.1, -0.05) is 28.1 Å². The lowest BCUT2D eigenvalue weighted by Gasteiger charge is -2.32. The van der Waals surface area contributed by atoms with E-state index in [1.807, 2.05) is 24.3 Å². The molecule has 2 aliphatic rings. The molecule has 0 aliphatic carbocycles. The van der Waals surface area contributed by atoms with Crippen molar-refractivity contribution in [2.75, 3.05) is 19.7 Å². The summed E-state index contributed by atoms with van der Waals surface area (Å²) in [7, 11) is 0. The van der Waals surface area contributed by atoms with Crippen LogP contribution in [0.25, 0.3) is 11.0 Å². The highest BCUT2D eigenvalue weighted by Crippen LogP contribution is 2.30.